The van der Waals surface area contributed by atoms with Crippen molar-refractivity contribution in [2.45, 2.75) is 78.2 Å². The molecule has 4 heteroatoms. The van der Waals surface area contributed by atoms with Crippen LogP contribution >= 0.6 is 0 Å². The molecule has 4 nitrogen and oxygen atoms in total. The second kappa shape index (κ2) is 6.54. The van der Waals surface area contributed by atoms with E-state index in [1.165, 1.54) is 25.7 Å². The van der Waals surface area contributed by atoms with E-state index in [-0.39, 0.29) is 16.9 Å². The number of nitrogens with zero attached hydrogens (tertiary/aromatic N) is 2. The van der Waals surface area contributed by atoms with Crippen molar-refractivity contribution in [2.24, 2.45) is 41.5 Å². The number of aromatic nitrogens is 2. The number of aryl methyl sites for hydroxylation is 1. The van der Waals surface area contributed by atoms with E-state index in [1.807, 2.05) is 17.9 Å². The Balaban J connectivity index is 1.47. The minimum Gasteiger partial charge on any atom is -0.393 e. The van der Waals surface area contributed by atoms with Crippen LogP contribution < -0.4 is 0 Å². The summed E-state index contributed by atoms with van der Waals surface area (Å²) >= 11 is 0. The number of carbonyl (C=O) groups excluding carboxylic acids is 1. The summed E-state index contributed by atoms with van der Waals surface area (Å²) < 4.78 is 1.88. The fourth-order valence-corrected chi connectivity index (χ4v) is 7.96. The van der Waals surface area contributed by atoms with Crippen molar-refractivity contribution >= 4 is 11.9 Å². The van der Waals surface area contributed by atoms with Gasteiger partial charge in [-0.1, -0.05) is 13.8 Å². The predicted molar refractivity (Wildman–Crippen MR) is 114 cm³/mol. The minimum atomic E-state index is -0.115. The maximum Gasteiger partial charge on any atom is 0.159 e. The van der Waals surface area contributed by atoms with Crippen LogP contribution in [-0.4, -0.2) is 26.8 Å². The molecular weight excluding hydrogens is 360 g/mol. The average Bonchev–Trinajstić information content (AvgIpc) is 3.16. The lowest BCUT2D eigenvalue weighted by Gasteiger charge is -2.60. The number of rotatable bonds is 1. The first-order valence-electron chi connectivity index (χ1n) is 11.6. The zero-order chi connectivity index (χ0) is 20.6. The van der Waals surface area contributed by atoms with Gasteiger partial charge in [0.1, 0.15) is 0 Å². The van der Waals surface area contributed by atoms with E-state index >= 15 is 0 Å². The summed E-state index contributed by atoms with van der Waals surface area (Å²) in [4.78, 5) is 13.0. The van der Waals surface area contributed by atoms with Crippen molar-refractivity contribution in [3.63, 3.8) is 0 Å². The Morgan fingerprint density at radius 1 is 1.14 bits per heavy atom. The lowest BCUT2D eigenvalue weighted by Crippen LogP contribution is -2.54. The summed E-state index contributed by atoms with van der Waals surface area (Å²) in [5.41, 5.74) is 3.56. The van der Waals surface area contributed by atoms with Crippen molar-refractivity contribution in [2.75, 3.05) is 0 Å². The van der Waals surface area contributed by atoms with Gasteiger partial charge in [0.15, 0.2) is 5.78 Å². The summed E-state index contributed by atoms with van der Waals surface area (Å²) in [5.74, 6) is 2.96. The molecule has 4 aliphatic carbocycles. The number of allylic oxidation sites excluding steroid dienone is 1. The Hall–Kier alpha value is -1.42. The topological polar surface area (TPSA) is 55.1 Å². The number of hydrogen-bond donors (Lipinski definition) is 1. The van der Waals surface area contributed by atoms with Crippen LogP contribution in [0.15, 0.2) is 11.8 Å². The van der Waals surface area contributed by atoms with Gasteiger partial charge in [0.25, 0.3) is 0 Å². The van der Waals surface area contributed by atoms with Crippen LogP contribution in [0.3, 0.4) is 0 Å². The van der Waals surface area contributed by atoms with Gasteiger partial charge in [-0.25, -0.2) is 0 Å². The molecule has 1 heterocycles. The van der Waals surface area contributed by atoms with E-state index in [2.05, 4.69) is 31.9 Å². The van der Waals surface area contributed by atoms with E-state index in [1.54, 1.807) is 0 Å². The Kier molecular flexibility index (Phi) is 4.40. The zero-order valence-electron chi connectivity index (χ0n) is 18.4. The van der Waals surface area contributed by atoms with Crippen molar-refractivity contribution in [1.82, 2.24) is 9.78 Å². The van der Waals surface area contributed by atoms with Gasteiger partial charge in [-0.05, 0) is 98.0 Å². The van der Waals surface area contributed by atoms with Crippen LogP contribution in [0.2, 0.25) is 0 Å². The monoisotopic (exact) mass is 396 g/mol. The highest BCUT2D eigenvalue weighted by atomic mass is 16.3. The Labute approximate surface area is 174 Å². The number of hydrogen-bond acceptors (Lipinski definition) is 3. The number of carbonyl (C=O) groups is 1. The molecule has 0 bridgehead atoms. The standard InChI is InChI=1S/C25H36N2O2/c1-15-17(14-26-27(15)4)11-16-13-25(3)18(12-22(16)28)5-6-19-20-7-8-23(29)24(20,2)10-9-21(19)25/h11,14,18-21,23,29H,5-10,12-13H2,1-4H3/b16-11-/t18-,19-,20-,21-,23+,24-,25-/m0/s1. The molecule has 4 fully saturated rings. The normalized spacial score (nSPS) is 45.8. The van der Waals surface area contributed by atoms with Crippen LogP contribution in [0.4, 0.5) is 0 Å². The first kappa shape index (κ1) is 19.5. The molecule has 0 aliphatic heterocycles. The lowest BCUT2D eigenvalue weighted by atomic mass is 9.45. The zero-order valence-corrected chi connectivity index (χ0v) is 18.4. The van der Waals surface area contributed by atoms with Gasteiger partial charge in [0.05, 0.1) is 12.3 Å². The maximum absolute atomic E-state index is 13.0. The molecule has 0 radical (unpaired) electrons. The molecule has 158 valence electrons. The quantitative estimate of drug-likeness (QED) is 0.701. The largest absolute Gasteiger partial charge is 0.393 e. The van der Waals surface area contributed by atoms with Crippen molar-refractivity contribution < 1.29 is 9.90 Å². The summed E-state index contributed by atoms with van der Waals surface area (Å²) in [5, 5.41) is 15.0. The van der Waals surface area contributed by atoms with Gasteiger partial charge in [-0.3, -0.25) is 9.48 Å². The van der Waals surface area contributed by atoms with Crippen LogP contribution in [0.25, 0.3) is 6.08 Å². The summed E-state index contributed by atoms with van der Waals surface area (Å²) in [6.45, 7) is 6.90. The highest BCUT2D eigenvalue weighted by Gasteiger charge is 2.60. The Morgan fingerprint density at radius 2 is 1.90 bits per heavy atom. The van der Waals surface area contributed by atoms with Gasteiger partial charge in [-0.15, -0.1) is 0 Å². The summed E-state index contributed by atoms with van der Waals surface area (Å²) in [6.07, 6.45) is 12.5. The molecule has 5 rings (SSSR count). The first-order valence-corrected chi connectivity index (χ1v) is 11.6. The number of ketones is 1. The highest BCUT2D eigenvalue weighted by Crippen LogP contribution is 2.66. The second-order valence-corrected chi connectivity index (χ2v) is 11.1. The van der Waals surface area contributed by atoms with Gasteiger partial charge in [0, 0.05) is 24.7 Å². The third-order valence-corrected chi connectivity index (χ3v) is 9.98. The van der Waals surface area contributed by atoms with Gasteiger partial charge in [0.2, 0.25) is 0 Å². The van der Waals surface area contributed by atoms with E-state index in [0.717, 1.165) is 48.4 Å². The third kappa shape index (κ3) is 2.74. The van der Waals surface area contributed by atoms with E-state index < -0.39 is 0 Å². The highest BCUT2D eigenvalue weighted by molar-refractivity contribution is 6.00. The van der Waals surface area contributed by atoms with Crippen LogP contribution in [0.1, 0.15) is 76.5 Å². The molecule has 0 spiro atoms. The number of aliphatic hydroxyl groups excluding tert-OH is 1. The summed E-state index contributed by atoms with van der Waals surface area (Å²) in [6, 6.07) is 0. The van der Waals surface area contributed by atoms with Gasteiger partial charge in [-0.2, -0.15) is 5.10 Å². The third-order valence-electron chi connectivity index (χ3n) is 9.98. The minimum absolute atomic E-state index is 0.115. The van der Waals surface area contributed by atoms with Crippen LogP contribution in [0.5, 0.6) is 0 Å². The SMILES string of the molecule is Cc1c(/C=C2/C[C@@]3(C)[C@@H](CC[C@@H]4[C@@H]3CC[C@]3(C)[C@H](O)CC[C@@H]43)CC2=O)cnn1C. The van der Waals surface area contributed by atoms with Gasteiger partial charge < -0.3 is 5.11 Å². The molecule has 1 N–H and O–H groups in total. The molecule has 4 saturated carbocycles. The van der Waals surface area contributed by atoms with E-state index in [4.69, 9.17) is 0 Å². The van der Waals surface area contributed by atoms with Gasteiger partial charge >= 0.3 is 0 Å². The Morgan fingerprint density at radius 3 is 2.62 bits per heavy atom. The molecule has 1 aromatic heterocycles. The van der Waals surface area contributed by atoms with Crippen LogP contribution in [0, 0.1) is 41.4 Å². The van der Waals surface area contributed by atoms with E-state index in [9.17, 15) is 9.90 Å². The fraction of sp³-hybridized carbons (Fsp3) is 0.760. The smallest absolute Gasteiger partial charge is 0.159 e. The maximum atomic E-state index is 13.0. The Bertz CT molecular complexity index is 870. The molecule has 29 heavy (non-hydrogen) atoms. The number of Topliss-reactive ketones (excluding diaryl/α,β-unsaturated/α-hetero) is 1. The predicted octanol–water partition coefficient (Wildman–Crippen LogP) is 4.69. The summed E-state index contributed by atoms with van der Waals surface area (Å²) in [7, 11) is 1.96. The molecule has 0 aromatic carbocycles. The second-order valence-electron chi connectivity index (χ2n) is 11.1. The van der Waals surface area contributed by atoms with E-state index in [0.29, 0.717) is 23.5 Å². The molecule has 4 aliphatic rings. The lowest BCUT2D eigenvalue weighted by molar-refractivity contribution is -0.134. The molecule has 0 amide bonds. The fourth-order valence-electron chi connectivity index (χ4n) is 7.96. The molecule has 0 unspecified atom stereocenters. The number of fused-ring (bicyclic) bond motifs is 5. The molecule has 1 aromatic rings. The molecular formula is C25H36N2O2. The number of aliphatic hydroxyl groups is 1. The first-order chi connectivity index (χ1) is 13.7. The van der Waals surface area contributed by atoms with Crippen LogP contribution in [-0.2, 0) is 11.8 Å². The van der Waals surface area contributed by atoms with Crippen molar-refractivity contribution in [3.05, 3.63) is 23.0 Å². The molecule has 0 saturated heterocycles. The average molecular weight is 397 g/mol. The van der Waals surface area contributed by atoms with Crippen molar-refractivity contribution in [3.8, 4) is 0 Å². The van der Waals surface area contributed by atoms with Crippen molar-refractivity contribution in [1.29, 1.82) is 0 Å². The molecule has 7 atom stereocenters.